The predicted octanol–water partition coefficient (Wildman–Crippen LogP) is 2.62. The highest BCUT2D eigenvalue weighted by atomic mass is 19.1. The molecule has 4 rings (SSSR count). The minimum absolute atomic E-state index is 0.227. The molecule has 0 saturated carbocycles. The topological polar surface area (TPSA) is 101 Å². The van der Waals surface area contributed by atoms with Gasteiger partial charge >= 0.3 is 5.97 Å². The maximum absolute atomic E-state index is 14.1. The van der Waals surface area contributed by atoms with Crippen LogP contribution < -0.4 is 0 Å². The standard InChI is InChI=1S/C20H20FN7O2/c1-2-30-17(29)10-6-12-27-20(23-25-26-27)18-15-8-5-11-22-19(15)28(24-18)13-14-7-3-4-9-16(14)21/h3-5,7-9,11H,2,6,10,12-13H2,1H3. The lowest BCUT2D eigenvalue weighted by molar-refractivity contribution is -0.143. The molecule has 0 aliphatic rings. The van der Waals surface area contributed by atoms with Crippen molar-refractivity contribution in [2.24, 2.45) is 0 Å². The van der Waals surface area contributed by atoms with Crippen molar-refractivity contribution in [2.75, 3.05) is 6.61 Å². The summed E-state index contributed by atoms with van der Waals surface area (Å²) in [5, 5.41) is 17.3. The number of hydrogen-bond acceptors (Lipinski definition) is 7. The summed E-state index contributed by atoms with van der Waals surface area (Å²) < 4.78 is 22.3. The second-order valence-electron chi connectivity index (χ2n) is 6.61. The highest BCUT2D eigenvalue weighted by Gasteiger charge is 2.19. The summed E-state index contributed by atoms with van der Waals surface area (Å²) in [5.41, 5.74) is 1.67. The number of ether oxygens (including phenoxy) is 1. The van der Waals surface area contributed by atoms with Gasteiger partial charge in [0.25, 0.3) is 0 Å². The van der Waals surface area contributed by atoms with Gasteiger partial charge in [0.1, 0.15) is 11.5 Å². The normalized spacial score (nSPS) is 11.1. The molecule has 0 spiro atoms. The number of nitrogens with zero attached hydrogens (tertiary/aromatic N) is 7. The summed E-state index contributed by atoms with van der Waals surface area (Å²) in [4.78, 5) is 16.0. The maximum atomic E-state index is 14.1. The molecule has 0 unspecified atom stereocenters. The Morgan fingerprint density at radius 1 is 1.17 bits per heavy atom. The van der Waals surface area contributed by atoms with Crippen LogP contribution in [0.25, 0.3) is 22.6 Å². The van der Waals surface area contributed by atoms with Gasteiger partial charge in [-0.25, -0.2) is 18.7 Å². The Labute approximate surface area is 171 Å². The van der Waals surface area contributed by atoms with Gasteiger partial charge in [0.05, 0.1) is 18.5 Å². The first-order chi connectivity index (χ1) is 14.7. The van der Waals surface area contributed by atoms with Crippen LogP contribution in [-0.2, 0) is 22.6 Å². The molecule has 0 bridgehead atoms. The number of rotatable bonds is 8. The SMILES string of the molecule is CCOC(=O)CCCn1nnnc1-c1nn(Cc2ccccc2F)c2ncccc12. The number of esters is 1. The number of pyridine rings is 1. The molecule has 10 heteroatoms. The summed E-state index contributed by atoms with van der Waals surface area (Å²) in [7, 11) is 0. The van der Waals surface area contributed by atoms with Crippen molar-refractivity contribution in [3.8, 4) is 11.5 Å². The van der Waals surface area contributed by atoms with Crippen molar-refractivity contribution in [1.29, 1.82) is 0 Å². The van der Waals surface area contributed by atoms with Crippen LogP contribution in [0.1, 0.15) is 25.3 Å². The molecular weight excluding hydrogens is 389 g/mol. The van der Waals surface area contributed by atoms with Crippen molar-refractivity contribution < 1.29 is 13.9 Å². The number of tetrazole rings is 1. The van der Waals surface area contributed by atoms with E-state index in [2.05, 4.69) is 25.6 Å². The Kier molecular flexibility index (Phi) is 5.73. The maximum Gasteiger partial charge on any atom is 0.305 e. The molecule has 0 radical (unpaired) electrons. The number of carbonyl (C=O) groups is 1. The number of carbonyl (C=O) groups excluding carboxylic acids is 1. The van der Waals surface area contributed by atoms with E-state index in [0.717, 1.165) is 5.39 Å². The molecule has 0 N–H and O–H groups in total. The van der Waals surface area contributed by atoms with Crippen LogP contribution in [-0.4, -0.2) is 47.5 Å². The van der Waals surface area contributed by atoms with Crippen LogP contribution in [0.15, 0.2) is 42.6 Å². The van der Waals surface area contributed by atoms with E-state index in [1.54, 1.807) is 46.7 Å². The van der Waals surface area contributed by atoms with Crippen molar-refractivity contribution in [3.05, 3.63) is 54.0 Å². The zero-order chi connectivity index (χ0) is 20.9. The molecule has 30 heavy (non-hydrogen) atoms. The summed E-state index contributed by atoms with van der Waals surface area (Å²) in [6.07, 6.45) is 2.47. The number of fused-ring (bicyclic) bond motifs is 1. The first-order valence-electron chi connectivity index (χ1n) is 9.64. The summed E-state index contributed by atoms with van der Waals surface area (Å²) >= 11 is 0. The third-order valence-corrected chi connectivity index (χ3v) is 4.58. The zero-order valence-corrected chi connectivity index (χ0v) is 16.4. The first kappa shape index (κ1) is 19.6. The molecule has 4 aromatic rings. The lowest BCUT2D eigenvalue weighted by Gasteiger charge is -2.04. The minimum Gasteiger partial charge on any atom is -0.466 e. The summed E-state index contributed by atoms with van der Waals surface area (Å²) in [5.74, 6) is -0.0949. The van der Waals surface area contributed by atoms with Gasteiger partial charge < -0.3 is 4.74 Å². The average molecular weight is 409 g/mol. The summed E-state index contributed by atoms with van der Waals surface area (Å²) in [6.45, 7) is 2.79. The van der Waals surface area contributed by atoms with Crippen LogP contribution in [0.2, 0.25) is 0 Å². The monoisotopic (exact) mass is 409 g/mol. The molecule has 3 aromatic heterocycles. The Balaban J connectivity index is 1.64. The molecule has 0 atom stereocenters. The van der Waals surface area contributed by atoms with Gasteiger partial charge in [0, 0.05) is 24.7 Å². The Morgan fingerprint density at radius 3 is 2.87 bits per heavy atom. The molecule has 3 heterocycles. The van der Waals surface area contributed by atoms with Crippen molar-refractivity contribution in [3.63, 3.8) is 0 Å². The minimum atomic E-state index is -0.303. The van der Waals surface area contributed by atoms with Crippen LogP contribution >= 0.6 is 0 Å². The molecule has 1 aromatic carbocycles. The number of aromatic nitrogens is 7. The van der Waals surface area contributed by atoms with Gasteiger partial charge in [-0.15, -0.1) is 5.10 Å². The third-order valence-electron chi connectivity index (χ3n) is 4.58. The fraction of sp³-hybridized carbons (Fsp3) is 0.300. The molecule has 0 amide bonds. The molecule has 154 valence electrons. The quantitative estimate of drug-likeness (QED) is 0.412. The van der Waals surface area contributed by atoms with Crippen molar-refractivity contribution in [2.45, 2.75) is 32.9 Å². The highest BCUT2D eigenvalue weighted by Crippen LogP contribution is 2.26. The van der Waals surface area contributed by atoms with Gasteiger partial charge in [-0.1, -0.05) is 18.2 Å². The smallest absolute Gasteiger partial charge is 0.305 e. The molecule has 9 nitrogen and oxygen atoms in total. The molecular formula is C20H20FN7O2. The van der Waals surface area contributed by atoms with Gasteiger partial charge in [-0.05, 0) is 42.0 Å². The average Bonchev–Trinajstić information content (AvgIpc) is 3.35. The predicted molar refractivity (Wildman–Crippen MR) is 106 cm³/mol. The Morgan fingerprint density at radius 2 is 2.03 bits per heavy atom. The van der Waals surface area contributed by atoms with E-state index in [1.807, 2.05) is 6.07 Å². The van der Waals surface area contributed by atoms with E-state index < -0.39 is 0 Å². The van der Waals surface area contributed by atoms with Crippen LogP contribution in [0.4, 0.5) is 4.39 Å². The number of aryl methyl sites for hydroxylation is 1. The van der Waals surface area contributed by atoms with Gasteiger partial charge in [0.2, 0.25) is 5.82 Å². The largest absolute Gasteiger partial charge is 0.466 e. The molecule has 0 aliphatic carbocycles. The lowest BCUT2D eigenvalue weighted by atomic mass is 10.2. The first-order valence-corrected chi connectivity index (χ1v) is 9.64. The van der Waals surface area contributed by atoms with E-state index in [1.165, 1.54) is 6.07 Å². The third kappa shape index (κ3) is 4.02. The van der Waals surface area contributed by atoms with Gasteiger partial charge in [0.15, 0.2) is 5.65 Å². The fourth-order valence-corrected chi connectivity index (χ4v) is 3.20. The van der Waals surface area contributed by atoms with E-state index in [-0.39, 0.29) is 24.8 Å². The van der Waals surface area contributed by atoms with E-state index in [0.29, 0.717) is 42.3 Å². The highest BCUT2D eigenvalue weighted by molar-refractivity contribution is 5.89. The number of halogens is 1. The summed E-state index contributed by atoms with van der Waals surface area (Å²) in [6, 6.07) is 10.2. The van der Waals surface area contributed by atoms with Crippen molar-refractivity contribution in [1.82, 2.24) is 35.0 Å². The second kappa shape index (κ2) is 8.76. The van der Waals surface area contributed by atoms with Gasteiger partial charge in [-0.2, -0.15) is 5.10 Å². The van der Waals surface area contributed by atoms with Crippen LogP contribution in [0, 0.1) is 5.82 Å². The van der Waals surface area contributed by atoms with E-state index in [4.69, 9.17) is 4.74 Å². The Hall–Kier alpha value is -3.69. The molecule has 0 aliphatic heterocycles. The molecule has 0 fully saturated rings. The van der Waals surface area contributed by atoms with Gasteiger partial charge in [-0.3, -0.25) is 4.79 Å². The van der Waals surface area contributed by atoms with E-state index >= 15 is 0 Å². The number of benzene rings is 1. The lowest BCUT2D eigenvalue weighted by Crippen LogP contribution is -2.09. The molecule has 0 saturated heterocycles. The number of hydrogen-bond donors (Lipinski definition) is 0. The Bertz CT molecular complexity index is 1170. The fourth-order valence-electron chi connectivity index (χ4n) is 3.20. The van der Waals surface area contributed by atoms with Crippen LogP contribution in [0.5, 0.6) is 0 Å². The van der Waals surface area contributed by atoms with Crippen molar-refractivity contribution >= 4 is 17.0 Å². The second-order valence-corrected chi connectivity index (χ2v) is 6.61. The zero-order valence-electron chi connectivity index (χ0n) is 16.4. The van der Waals surface area contributed by atoms with E-state index in [9.17, 15) is 9.18 Å². The van der Waals surface area contributed by atoms with Crippen LogP contribution in [0.3, 0.4) is 0 Å².